The van der Waals surface area contributed by atoms with Crippen LogP contribution >= 0.6 is 0 Å². The van der Waals surface area contributed by atoms with E-state index < -0.39 is 46.6 Å². The number of amides is 2. The Labute approximate surface area is 229 Å². The molecule has 0 bridgehead atoms. The molecule has 2 aromatic carbocycles. The number of rotatable bonds is 5. The molecule has 1 aliphatic rings. The number of aromatic hydroxyl groups is 1. The second-order valence-corrected chi connectivity index (χ2v) is 9.19. The van der Waals surface area contributed by atoms with Crippen LogP contribution in [0.3, 0.4) is 0 Å². The zero-order chi connectivity index (χ0) is 29.5. The first-order valence-electron chi connectivity index (χ1n) is 12.2. The Balaban J connectivity index is 1.41. The van der Waals surface area contributed by atoms with Crippen molar-refractivity contribution in [1.29, 1.82) is 0 Å². The number of nitrogens with one attached hydrogen (secondary N) is 2. The number of hydrogen-bond donors (Lipinski definition) is 3. The number of piperazine rings is 1. The highest BCUT2D eigenvalue weighted by molar-refractivity contribution is 6.03. The standard InChI is InChI=1S/C26H22F5N7O3/c1-36-21(17-13-38(35-22(17)26(29,30)31)20-5-3-15(39)11-19(20)28)12-33-23(36)24(40)34-14-2-4-16(18(27)10-14)25(41)37-8-6-32-7-9-37/h2-5,10-13,32,39H,6-9H2,1H3,(H,34,40). The molecule has 214 valence electrons. The van der Waals surface area contributed by atoms with Gasteiger partial charge in [-0.05, 0) is 30.3 Å². The molecule has 41 heavy (non-hydrogen) atoms. The molecule has 1 fully saturated rings. The largest absolute Gasteiger partial charge is 0.508 e. The summed E-state index contributed by atoms with van der Waals surface area (Å²) in [5.74, 6) is -3.93. The predicted molar refractivity (Wildman–Crippen MR) is 136 cm³/mol. The number of halogens is 5. The normalized spacial score (nSPS) is 13.9. The number of aromatic nitrogens is 4. The van der Waals surface area contributed by atoms with Crippen LogP contribution in [0.2, 0.25) is 0 Å². The van der Waals surface area contributed by atoms with Crippen LogP contribution in [-0.4, -0.2) is 67.3 Å². The summed E-state index contributed by atoms with van der Waals surface area (Å²) in [4.78, 5) is 31.0. The maximum absolute atomic E-state index is 14.8. The Morgan fingerprint density at radius 3 is 2.44 bits per heavy atom. The van der Waals surface area contributed by atoms with E-state index in [1.165, 1.54) is 24.1 Å². The van der Waals surface area contributed by atoms with Crippen LogP contribution in [0.25, 0.3) is 16.9 Å². The van der Waals surface area contributed by atoms with Gasteiger partial charge in [0.1, 0.15) is 17.3 Å². The maximum atomic E-state index is 14.8. The van der Waals surface area contributed by atoms with E-state index in [-0.39, 0.29) is 28.5 Å². The average Bonchev–Trinajstić information content (AvgIpc) is 3.53. The molecule has 0 saturated carbocycles. The molecule has 2 aromatic heterocycles. The van der Waals surface area contributed by atoms with E-state index in [1.807, 2.05) is 0 Å². The highest BCUT2D eigenvalue weighted by Gasteiger charge is 2.39. The minimum atomic E-state index is -4.94. The molecular formula is C26H22F5N7O3. The van der Waals surface area contributed by atoms with E-state index in [0.29, 0.717) is 30.9 Å². The number of anilines is 1. The monoisotopic (exact) mass is 575 g/mol. The van der Waals surface area contributed by atoms with Gasteiger partial charge in [0.05, 0.1) is 23.0 Å². The van der Waals surface area contributed by atoms with Crippen LogP contribution in [-0.2, 0) is 13.2 Å². The number of alkyl halides is 3. The van der Waals surface area contributed by atoms with Gasteiger partial charge in [-0.15, -0.1) is 0 Å². The van der Waals surface area contributed by atoms with E-state index >= 15 is 0 Å². The van der Waals surface area contributed by atoms with Gasteiger partial charge < -0.3 is 25.2 Å². The number of hydrogen-bond acceptors (Lipinski definition) is 6. The Bertz CT molecular complexity index is 1640. The summed E-state index contributed by atoms with van der Waals surface area (Å²) in [5, 5.41) is 18.4. The average molecular weight is 575 g/mol. The van der Waals surface area contributed by atoms with Gasteiger partial charge >= 0.3 is 6.18 Å². The van der Waals surface area contributed by atoms with E-state index in [0.717, 1.165) is 41.2 Å². The molecule has 2 amide bonds. The number of carbonyl (C=O) groups excluding carboxylic acids is 2. The van der Waals surface area contributed by atoms with Crippen LogP contribution in [0.15, 0.2) is 48.8 Å². The quantitative estimate of drug-likeness (QED) is 0.314. The fraction of sp³-hybridized carbons (Fsp3) is 0.231. The summed E-state index contributed by atoms with van der Waals surface area (Å²) in [5.41, 5.74) is -2.50. The summed E-state index contributed by atoms with van der Waals surface area (Å²) in [7, 11) is 1.30. The van der Waals surface area contributed by atoms with E-state index in [9.17, 15) is 36.6 Å². The summed E-state index contributed by atoms with van der Waals surface area (Å²) in [6.07, 6.45) is -2.99. The molecular weight excluding hydrogens is 553 g/mol. The lowest BCUT2D eigenvalue weighted by Crippen LogP contribution is -2.46. The molecule has 10 nitrogen and oxygen atoms in total. The molecule has 4 aromatic rings. The van der Waals surface area contributed by atoms with Gasteiger partial charge in [-0.25, -0.2) is 18.4 Å². The lowest BCUT2D eigenvalue weighted by Gasteiger charge is -2.27. The van der Waals surface area contributed by atoms with Crippen molar-refractivity contribution in [2.24, 2.45) is 7.05 Å². The minimum absolute atomic E-state index is 0.000478. The Morgan fingerprint density at radius 1 is 1.05 bits per heavy atom. The first-order chi connectivity index (χ1) is 19.4. The maximum Gasteiger partial charge on any atom is 0.435 e. The van der Waals surface area contributed by atoms with Crippen LogP contribution < -0.4 is 10.6 Å². The summed E-state index contributed by atoms with van der Waals surface area (Å²) >= 11 is 0. The molecule has 1 aliphatic heterocycles. The molecule has 0 atom stereocenters. The van der Waals surface area contributed by atoms with Crippen LogP contribution in [0.1, 0.15) is 26.7 Å². The molecule has 0 spiro atoms. The van der Waals surface area contributed by atoms with Gasteiger partial charge in [-0.3, -0.25) is 9.59 Å². The molecule has 3 heterocycles. The van der Waals surface area contributed by atoms with Crippen molar-refractivity contribution in [1.82, 2.24) is 29.5 Å². The first kappa shape index (κ1) is 27.8. The fourth-order valence-corrected chi connectivity index (χ4v) is 4.44. The van der Waals surface area contributed by atoms with Crippen molar-refractivity contribution < 1.29 is 36.6 Å². The van der Waals surface area contributed by atoms with Crippen LogP contribution in [0.5, 0.6) is 5.75 Å². The third kappa shape index (κ3) is 5.48. The highest BCUT2D eigenvalue weighted by atomic mass is 19.4. The van der Waals surface area contributed by atoms with E-state index in [1.54, 1.807) is 0 Å². The molecule has 0 unspecified atom stereocenters. The van der Waals surface area contributed by atoms with Crippen molar-refractivity contribution in [2.75, 3.05) is 31.5 Å². The lowest BCUT2D eigenvalue weighted by molar-refractivity contribution is -0.140. The number of carbonyl (C=O) groups is 2. The third-order valence-corrected chi connectivity index (χ3v) is 6.49. The predicted octanol–water partition coefficient (Wildman–Crippen LogP) is 3.57. The third-order valence-electron chi connectivity index (χ3n) is 6.49. The Kier molecular flexibility index (Phi) is 7.21. The lowest BCUT2D eigenvalue weighted by atomic mass is 10.1. The molecule has 0 aliphatic carbocycles. The molecule has 15 heteroatoms. The van der Waals surface area contributed by atoms with Gasteiger partial charge in [-0.2, -0.15) is 18.3 Å². The molecule has 5 rings (SSSR count). The molecule has 1 saturated heterocycles. The number of imidazole rings is 1. The van der Waals surface area contributed by atoms with Gasteiger partial charge in [0.15, 0.2) is 17.3 Å². The van der Waals surface area contributed by atoms with Crippen molar-refractivity contribution in [3.63, 3.8) is 0 Å². The van der Waals surface area contributed by atoms with Crippen LogP contribution in [0, 0.1) is 11.6 Å². The van der Waals surface area contributed by atoms with Crippen molar-refractivity contribution in [3.8, 4) is 22.7 Å². The van der Waals surface area contributed by atoms with Crippen LogP contribution in [0.4, 0.5) is 27.6 Å². The summed E-state index contributed by atoms with van der Waals surface area (Å²) < 4.78 is 72.5. The van der Waals surface area contributed by atoms with Gasteiger partial charge in [-0.1, -0.05) is 0 Å². The first-order valence-corrected chi connectivity index (χ1v) is 12.2. The van der Waals surface area contributed by atoms with Gasteiger partial charge in [0.2, 0.25) is 0 Å². The van der Waals surface area contributed by atoms with Gasteiger partial charge in [0.25, 0.3) is 11.8 Å². The second-order valence-electron chi connectivity index (χ2n) is 9.19. The summed E-state index contributed by atoms with van der Waals surface area (Å²) in [6, 6.07) is 6.42. The Morgan fingerprint density at radius 2 is 1.78 bits per heavy atom. The van der Waals surface area contributed by atoms with Crippen molar-refractivity contribution >= 4 is 17.5 Å². The number of phenols is 1. The van der Waals surface area contributed by atoms with Gasteiger partial charge in [0, 0.05) is 51.2 Å². The smallest absolute Gasteiger partial charge is 0.435 e. The second kappa shape index (κ2) is 10.6. The topological polar surface area (TPSA) is 117 Å². The fourth-order valence-electron chi connectivity index (χ4n) is 4.44. The summed E-state index contributed by atoms with van der Waals surface area (Å²) in [6.45, 7) is 2.03. The molecule has 0 radical (unpaired) electrons. The number of benzene rings is 2. The zero-order valence-corrected chi connectivity index (χ0v) is 21.3. The SMILES string of the molecule is Cn1c(-c2cn(-c3ccc(O)cc3F)nc2C(F)(F)F)cnc1C(=O)Nc1ccc(C(=O)N2CCNCC2)c(F)c1. The highest BCUT2D eigenvalue weighted by Crippen LogP contribution is 2.37. The zero-order valence-electron chi connectivity index (χ0n) is 21.3. The van der Waals surface area contributed by atoms with E-state index in [2.05, 4.69) is 20.7 Å². The minimum Gasteiger partial charge on any atom is -0.508 e. The molecule has 3 N–H and O–H groups in total. The van der Waals surface area contributed by atoms with Crippen molar-refractivity contribution in [3.05, 3.63) is 77.5 Å². The Hall–Kier alpha value is -4.79. The number of nitrogens with zero attached hydrogens (tertiary/aromatic N) is 5. The number of phenolic OH excluding ortho intramolecular Hbond substituents is 1. The van der Waals surface area contributed by atoms with E-state index in [4.69, 9.17) is 0 Å². The van der Waals surface area contributed by atoms with Crippen molar-refractivity contribution in [2.45, 2.75) is 6.18 Å².